The van der Waals surface area contributed by atoms with Crippen LogP contribution < -0.4 is 10.8 Å². The molecule has 0 radical (unpaired) electrons. The lowest BCUT2D eigenvalue weighted by molar-refractivity contribution is 0.00578. The summed E-state index contributed by atoms with van der Waals surface area (Å²) >= 11 is 0. The van der Waals surface area contributed by atoms with Crippen LogP contribution in [-0.4, -0.2) is 37.6 Å². The zero-order valence-electron chi connectivity index (χ0n) is 14.2. The van der Waals surface area contributed by atoms with Crippen LogP contribution in [0.1, 0.15) is 40.2 Å². The zero-order chi connectivity index (χ0) is 16.0. The molecule has 1 N–H and O–H groups in total. The summed E-state index contributed by atoms with van der Waals surface area (Å²) in [6, 6.07) is 6.41. The van der Waals surface area contributed by atoms with Gasteiger partial charge in [-0.25, -0.2) is 0 Å². The van der Waals surface area contributed by atoms with Gasteiger partial charge in [-0.2, -0.15) is 0 Å². The molecule has 1 aromatic carbocycles. The minimum Gasteiger partial charge on any atom is -0.399 e. The topological polar surface area (TPSA) is 39.7 Å². The Morgan fingerprint density at radius 2 is 1.91 bits per heavy atom. The first-order valence-corrected chi connectivity index (χ1v) is 8.16. The highest BCUT2D eigenvalue weighted by molar-refractivity contribution is 6.62. The maximum absolute atomic E-state index is 6.14. The van der Waals surface area contributed by atoms with Gasteiger partial charge >= 0.3 is 7.12 Å². The van der Waals surface area contributed by atoms with Gasteiger partial charge in [-0.05, 0) is 51.7 Å². The highest BCUT2D eigenvalue weighted by Crippen LogP contribution is 2.36. The molecule has 2 aliphatic heterocycles. The van der Waals surface area contributed by atoms with E-state index in [1.54, 1.807) is 0 Å². The SMILES string of the molecule is CCOC1CNc2ccc(B3OC(C)(C)C(C)(C)O3)cc2C1. The van der Waals surface area contributed by atoms with Crippen LogP contribution in [0.3, 0.4) is 0 Å². The Morgan fingerprint density at radius 3 is 2.55 bits per heavy atom. The van der Waals surface area contributed by atoms with E-state index in [0.717, 1.165) is 25.0 Å². The molecule has 22 heavy (non-hydrogen) atoms. The Balaban J connectivity index is 1.81. The summed E-state index contributed by atoms with van der Waals surface area (Å²) in [4.78, 5) is 0. The van der Waals surface area contributed by atoms with E-state index in [9.17, 15) is 0 Å². The lowest BCUT2D eigenvalue weighted by Crippen LogP contribution is -2.41. The van der Waals surface area contributed by atoms with E-state index in [0.29, 0.717) is 0 Å². The summed E-state index contributed by atoms with van der Waals surface area (Å²) < 4.78 is 18.0. The summed E-state index contributed by atoms with van der Waals surface area (Å²) in [7, 11) is -0.303. The van der Waals surface area contributed by atoms with Crippen LogP contribution in [0.4, 0.5) is 5.69 Å². The predicted octanol–water partition coefficient (Wildman–Crippen LogP) is 2.36. The van der Waals surface area contributed by atoms with Crippen molar-refractivity contribution in [1.82, 2.24) is 0 Å². The van der Waals surface area contributed by atoms with Crippen molar-refractivity contribution in [2.24, 2.45) is 0 Å². The molecule has 1 aromatic rings. The Kier molecular flexibility index (Phi) is 4.00. The second kappa shape index (κ2) is 5.55. The third-order valence-corrected chi connectivity index (χ3v) is 5.02. The number of benzene rings is 1. The maximum atomic E-state index is 6.14. The van der Waals surface area contributed by atoms with E-state index < -0.39 is 0 Å². The van der Waals surface area contributed by atoms with E-state index in [-0.39, 0.29) is 24.4 Å². The molecule has 0 aromatic heterocycles. The first kappa shape index (κ1) is 15.8. The number of nitrogens with one attached hydrogen (secondary N) is 1. The molecule has 4 nitrogen and oxygen atoms in total. The molecular weight excluding hydrogens is 277 g/mol. The Bertz CT molecular complexity index is 543. The van der Waals surface area contributed by atoms with Crippen molar-refractivity contribution in [2.45, 2.75) is 58.3 Å². The summed E-state index contributed by atoms with van der Waals surface area (Å²) in [5, 5.41) is 3.44. The van der Waals surface area contributed by atoms with Crippen LogP contribution in [0.5, 0.6) is 0 Å². The Labute approximate surface area is 133 Å². The van der Waals surface area contributed by atoms with Crippen molar-refractivity contribution in [3.05, 3.63) is 23.8 Å². The summed E-state index contributed by atoms with van der Waals surface area (Å²) in [5.41, 5.74) is 2.93. The number of hydrogen-bond donors (Lipinski definition) is 1. The van der Waals surface area contributed by atoms with Crippen molar-refractivity contribution in [3.63, 3.8) is 0 Å². The molecule has 0 saturated carbocycles. The van der Waals surface area contributed by atoms with Crippen molar-refractivity contribution < 1.29 is 14.0 Å². The van der Waals surface area contributed by atoms with Crippen LogP contribution >= 0.6 is 0 Å². The molecule has 5 heteroatoms. The molecule has 1 atom stereocenters. The summed E-state index contributed by atoms with van der Waals surface area (Å²) in [6.07, 6.45) is 1.18. The smallest absolute Gasteiger partial charge is 0.399 e. The third-order valence-electron chi connectivity index (χ3n) is 5.02. The fourth-order valence-electron chi connectivity index (χ4n) is 2.98. The lowest BCUT2D eigenvalue weighted by atomic mass is 9.77. The number of anilines is 1. The van der Waals surface area contributed by atoms with Crippen LogP contribution in [0.2, 0.25) is 0 Å². The van der Waals surface area contributed by atoms with E-state index in [2.05, 4.69) is 51.2 Å². The third kappa shape index (κ3) is 2.77. The number of rotatable bonds is 3. The fraction of sp³-hybridized carbons (Fsp3) is 0.647. The predicted molar refractivity (Wildman–Crippen MR) is 89.8 cm³/mol. The molecule has 0 spiro atoms. The number of hydrogen-bond acceptors (Lipinski definition) is 4. The normalized spacial score (nSPS) is 25.7. The Morgan fingerprint density at radius 1 is 1.23 bits per heavy atom. The molecule has 2 heterocycles. The van der Waals surface area contributed by atoms with Crippen LogP contribution in [-0.2, 0) is 20.5 Å². The van der Waals surface area contributed by atoms with Crippen molar-refractivity contribution in [1.29, 1.82) is 0 Å². The van der Waals surface area contributed by atoms with Crippen molar-refractivity contribution in [3.8, 4) is 0 Å². The quantitative estimate of drug-likeness (QED) is 0.870. The van der Waals surface area contributed by atoms with Gasteiger partial charge in [0.25, 0.3) is 0 Å². The van der Waals surface area contributed by atoms with Gasteiger partial charge in [-0.3, -0.25) is 0 Å². The van der Waals surface area contributed by atoms with Gasteiger partial charge in [0, 0.05) is 25.3 Å². The molecule has 1 saturated heterocycles. The van der Waals surface area contributed by atoms with Gasteiger partial charge in [0.05, 0.1) is 17.3 Å². The van der Waals surface area contributed by atoms with E-state index in [1.807, 2.05) is 6.92 Å². The van der Waals surface area contributed by atoms with Crippen molar-refractivity contribution >= 4 is 18.3 Å². The second-order valence-electron chi connectivity index (χ2n) is 7.17. The lowest BCUT2D eigenvalue weighted by Gasteiger charge is -2.32. The molecule has 0 aliphatic carbocycles. The first-order valence-electron chi connectivity index (χ1n) is 8.16. The molecule has 1 unspecified atom stereocenters. The van der Waals surface area contributed by atoms with Gasteiger partial charge in [-0.1, -0.05) is 12.1 Å². The molecule has 1 fully saturated rings. The minimum absolute atomic E-state index is 0.242. The highest BCUT2D eigenvalue weighted by Gasteiger charge is 2.51. The van der Waals surface area contributed by atoms with Gasteiger partial charge in [-0.15, -0.1) is 0 Å². The summed E-state index contributed by atoms with van der Waals surface area (Å²) in [5.74, 6) is 0. The van der Waals surface area contributed by atoms with Crippen LogP contribution in [0, 0.1) is 0 Å². The van der Waals surface area contributed by atoms with Gasteiger partial charge < -0.3 is 19.4 Å². The highest BCUT2D eigenvalue weighted by atomic mass is 16.7. The monoisotopic (exact) mass is 303 g/mol. The van der Waals surface area contributed by atoms with Crippen molar-refractivity contribution in [2.75, 3.05) is 18.5 Å². The van der Waals surface area contributed by atoms with E-state index >= 15 is 0 Å². The largest absolute Gasteiger partial charge is 0.494 e. The summed E-state index contributed by atoms with van der Waals surface area (Å²) in [6.45, 7) is 12.0. The van der Waals surface area contributed by atoms with Gasteiger partial charge in [0.1, 0.15) is 0 Å². The first-order chi connectivity index (χ1) is 10.3. The number of fused-ring (bicyclic) bond motifs is 1. The molecular formula is C17H26BNO3. The molecule has 2 aliphatic rings. The minimum atomic E-state index is -0.306. The van der Waals surface area contributed by atoms with Crippen LogP contribution in [0.15, 0.2) is 18.2 Å². The zero-order valence-corrected chi connectivity index (χ0v) is 14.2. The van der Waals surface area contributed by atoms with Gasteiger partial charge in [0.15, 0.2) is 0 Å². The maximum Gasteiger partial charge on any atom is 0.494 e. The molecule has 3 rings (SSSR count). The molecule has 120 valence electrons. The molecule has 0 amide bonds. The fourth-order valence-corrected chi connectivity index (χ4v) is 2.98. The Hall–Kier alpha value is -1.04. The van der Waals surface area contributed by atoms with E-state index in [1.165, 1.54) is 11.3 Å². The second-order valence-corrected chi connectivity index (χ2v) is 7.17. The molecule has 0 bridgehead atoms. The average Bonchev–Trinajstić information content (AvgIpc) is 2.67. The van der Waals surface area contributed by atoms with Crippen LogP contribution in [0.25, 0.3) is 0 Å². The van der Waals surface area contributed by atoms with Gasteiger partial charge in [0.2, 0.25) is 0 Å². The number of ether oxygens (including phenoxy) is 1. The van der Waals surface area contributed by atoms with E-state index in [4.69, 9.17) is 14.0 Å². The average molecular weight is 303 g/mol. The standard InChI is InChI=1S/C17H26BNO3/c1-6-20-14-10-12-9-13(7-8-15(12)19-11-14)18-21-16(2,3)17(4,5)22-18/h7-9,14,19H,6,10-11H2,1-5H3.